The summed E-state index contributed by atoms with van der Waals surface area (Å²) in [5.41, 5.74) is 2.80. The van der Waals surface area contributed by atoms with Gasteiger partial charge in [0.1, 0.15) is 0 Å². The maximum atomic E-state index is 13.1. The number of hydrogen-bond donors (Lipinski definition) is 1. The molecule has 0 spiro atoms. The van der Waals surface area contributed by atoms with Crippen LogP contribution in [0.4, 0.5) is 11.4 Å². The van der Waals surface area contributed by atoms with E-state index in [1.165, 1.54) is 39.0 Å². The second-order valence-corrected chi connectivity index (χ2v) is 9.76. The van der Waals surface area contributed by atoms with Gasteiger partial charge in [-0.1, -0.05) is 25.5 Å². The highest BCUT2D eigenvalue weighted by molar-refractivity contribution is 7.92. The lowest BCUT2D eigenvalue weighted by atomic mass is 10.1. The van der Waals surface area contributed by atoms with E-state index in [0.717, 1.165) is 23.6 Å². The van der Waals surface area contributed by atoms with Gasteiger partial charge in [-0.2, -0.15) is 0 Å². The van der Waals surface area contributed by atoms with Crippen molar-refractivity contribution in [3.05, 3.63) is 77.9 Å². The lowest BCUT2D eigenvalue weighted by molar-refractivity contribution is 0.102. The summed E-state index contributed by atoms with van der Waals surface area (Å²) < 4.78 is 37.8. The number of hydrogen-bond acceptors (Lipinski definition) is 5. The molecular formula is C26H30N2O5S. The summed E-state index contributed by atoms with van der Waals surface area (Å²) in [7, 11) is 0.546. The SMILES string of the molecule is CCCCc1ccc(NC(=O)c2ccc(N(C)S(=O)(=O)c3ccc(OC)c(OC)c3)cc2)cc1. The Labute approximate surface area is 201 Å². The zero-order valence-electron chi connectivity index (χ0n) is 19.9. The molecule has 0 atom stereocenters. The smallest absolute Gasteiger partial charge is 0.264 e. The predicted molar refractivity (Wildman–Crippen MR) is 135 cm³/mol. The molecule has 180 valence electrons. The maximum Gasteiger partial charge on any atom is 0.264 e. The molecule has 0 radical (unpaired) electrons. The number of anilines is 2. The zero-order chi connectivity index (χ0) is 24.7. The lowest BCUT2D eigenvalue weighted by Crippen LogP contribution is -2.26. The zero-order valence-corrected chi connectivity index (χ0v) is 20.7. The van der Waals surface area contributed by atoms with Gasteiger partial charge < -0.3 is 14.8 Å². The monoisotopic (exact) mass is 482 g/mol. The Bertz CT molecular complexity index is 1220. The topological polar surface area (TPSA) is 84.9 Å². The molecule has 7 nitrogen and oxygen atoms in total. The average Bonchev–Trinajstić information content (AvgIpc) is 2.87. The van der Waals surface area contributed by atoms with Crippen LogP contribution < -0.4 is 19.1 Å². The summed E-state index contributed by atoms with van der Waals surface area (Å²) in [6, 6.07) is 18.6. The summed E-state index contributed by atoms with van der Waals surface area (Å²) in [6.07, 6.45) is 3.29. The van der Waals surface area contributed by atoms with Crippen molar-refractivity contribution in [2.45, 2.75) is 31.1 Å². The lowest BCUT2D eigenvalue weighted by Gasteiger charge is -2.20. The first-order valence-electron chi connectivity index (χ1n) is 11.0. The Balaban J connectivity index is 1.72. The highest BCUT2D eigenvalue weighted by Crippen LogP contribution is 2.31. The van der Waals surface area contributed by atoms with E-state index in [1.807, 2.05) is 24.3 Å². The number of carbonyl (C=O) groups is 1. The first kappa shape index (κ1) is 25.1. The molecule has 0 heterocycles. The average molecular weight is 483 g/mol. The van der Waals surface area contributed by atoms with Crippen LogP contribution in [0.1, 0.15) is 35.7 Å². The van der Waals surface area contributed by atoms with E-state index in [2.05, 4.69) is 12.2 Å². The minimum Gasteiger partial charge on any atom is -0.493 e. The summed E-state index contributed by atoms with van der Waals surface area (Å²) >= 11 is 0. The second-order valence-electron chi connectivity index (χ2n) is 7.79. The molecule has 3 aromatic carbocycles. The first-order valence-corrected chi connectivity index (χ1v) is 12.5. The van der Waals surface area contributed by atoms with Gasteiger partial charge in [0, 0.05) is 24.4 Å². The minimum absolute atomic E-state index is 0.0665. The van der Waals surface area contributed by atoms with Gasteiger partial charge in [-0.3, -0.25) is 9.10 Å². The van der Waals surface area contributed by atoms with Crippen molar-refractivity contribution >= 4 is 27.3 Å². The molecule has 34 heavy (non-hydrogen) atoms. The van der Waals surface area contributed by atoms with E-state index in [1.54, 1.807) is 30.3 Å². The number of ether oxygens (including phenoxy) is 2. The number of rotatable bonds is 10. The van der Waals surface area contributed by atoms with Crippen molar-refractivity contribution < 1.29 is 22.7 Å². The van der Waals surface area contributed by atoms with Gasteiger partial charge in [-0.25, -0.2) is 8.42 Å². The molecule has 0 saturated heterocycles. The van der Waals surface area contributed by atoms with E-state index in [0.29, 0.717) is 28.4 Å². The Morgan fingerprint density at radius 1 is 0.912 bits per heavy atom. The molecule has 0 aliphatic heterocycles. The number of aryl methyl sites for hydroxylation is 1. The Morgan fingerprint density at radius 3 is 2.15 bits per heavy atom. The quantitative estimate of drug-likeness (QED) is 0.433. The summed E-state index contributed by atoms with van der Waals surface area (Å²) in [5, 5.41) is 2.87. The molecule has 0 aliphatic carbocycles. The van der Waals surface area contributed by atoms with Gasteiger partial charge in [0.25, 0.3) is 15.9 Å². The van der Waals surface area contributed by atoms with Gasteiger partial charge >= 0.3 is 0 Å². The molecule has 0 aromatic heterocycles. The van der Waals surface area contributed by atoms with E-state index in [4.69, 9.17) is 9.47 Å². The molecule has 0 aliphatic rings. The highest BCUT2D eigenvalue weighted by Gasteiger charge is 2.23. The van der Waals surface area contributed by atoms with Crippen molar-refractivity contribution in [2.24, 2.45) is 0 Å². The summed E-state index contributed by atoms with van der Waals surface area (Å²) in [4.78, 5) is 12.7. The van der Waals surface area contributed by atoms with Gasteiger partial charge in [0.05, 0.1) is 24.8 Å². The molecule has 3 rings (SSSR count). The third-order valence-corrected chi connectivity index (χ3v) is 7.32. The number of carbonyl (C=O) groups excluding carboxylic acids is 1. The first-order chi connectivity index (χ1) is 16.3. The van der Waals surface area contributed by atoms with Gasteiger partial charge in [0.2, 0.25) is 0 Å². The standard InChI is InChI=1S/C26H30N2O5S/c1-5-6-7-19-8-12-21(13-9-19)27-26(29)20-10-14-22(15-11-20)28(2)34(30,31)23-16-17-24(32-3)25(18-23)33-4/h8-18H,5-7H2,1-4H3,(H,27,29). The number of benzene rings is 3. The van der Waals surface area contributed by atoms with Crippen LogP contribution in [0.3, 0.4) is 0 Å². The van der Waals surface area contributed by atoms with Crippen LogP contribution in [-0.4, -0.2) is 35.6 Å². The maximum absolute atomic E-state index is 13.1. The molecule has 0 unspecified atom stereocenters. The van der Waals surface area contributed by atoms with Crippen LogP contribution >= 0.6 is 0 Å². The summed E-state index contributed by atoms with van der Waals surface area (Å²) in [6.45, 7) is 2.16. The molecule has 0 fully saturated rings. The van der Waals surface area contributed by atoms with E-state index in [9.17, 15) is 13.2 Å². The van der Waals surface area contributed by atoms with Gasteiger partial charge in [-0.15, -0.1) is 0 Å². The Hall–Kier alpha value is -3.52. The summed E-state index contributed by atoms with van der Waals surface area (Å²) in [5.74, 6) is 0.496. The van der Waals surface area contributed by atoms with Crippen molar-refractivity contribution in [3.63, 3.8) is 0 Å². The van der Waals surface area contributed by atoms with Crippen LogP contribution in [0.2, 0.25) is 0 Å². The molecule has 0 bridgehead atoms. The molecule has 0 saturated carbocycles. The number of amides is 1. The van der Waals surface area contributed by atoms with Crippen LogP contribution in [0.5, 0.6) is 11.5 Å². The van der Waals surface area contributed by atoms with Crippen molar-refractivity contribution in [2.75, 3.05) is 30.9 Å². The fourth-order valence-corrected chi connectivity index (χ4v) is 4.65. The van der Waals surface area contributed by atoms with Crippen LogP contribution in [0, 0.1) is 0 Å². The Morgan fingerprint density at radius 2 is 1.56 bits per heavy atom. The third kappa shape index (κ3) is 5.69. The van der Waals surface area contributed by atoms with E-state index < -0.39 is 10.0 Å². The van der Waals surface area contributed by atoms with E-state index in [-0.39, 0.29) is 10.8 Å². The fourth-order valence-electron chi connectivity index (χ4n) is 3.44. The van der Waals surface area contributed by atoms with Gasteiger partial charge in [0.15, 0.2) is 11.5 Å². The number of methoxy groups -OCH3 is 2. The predicted octanol–water partition coefficient (Wildman–Crippen LogP) is 5.12. The molecular weight excluding hydrogens is 452 g/mol. The third-order valence-electron chi connectivity index (χ3n) is 5.54. The van der Waals surface area contributed by atoms with Crippen LogP contribution in [0.15, 0.2) is 71.6 Å². The molecule has 1 amide bonds. The van der Waals surface area contributed by atoms with Crippen LogP contribution in [-0.2, 0) is 16.4 Å². The number of nitrogens with zero attached hydrogens (tertiary/aromatic N) is 1. The van der Waals surface area contributed by atoms with Crippen molar-refractivity contribution in [3.8, 4) is 11.5 Å². The van der Waals surface area contributed by atoms with Crippen LogP contribution in [0.25, 0.3) is 0 Å². The highest BCUT2D eigenvalue weighted by atomic mass is 32.2. The molecule has 3 aromatic rings. The molecule has 1 N–H and O–H groups in total. The number of sulfonamides is 1. The van der Waals surface area contributed by atoms with Gasteiger partial charge in [-0.05, 0) is 66.9 Å². The Kier molecular flexibility index (Phi) is 8.17. The van der Waals surface area contributed by atoms with Crippen molar-refractivity contribution in [1.82, 2.24) is 0 Å². The minimum atomic E-state index is -3.84. The molecule has 8 heteroatoms. The van der Waals surface area contributed by atoms with E-state index >= 15 is 0 Å². The second kappa shape index (κ2) is 11.1. The number of nitrogens with one attached hydrogen (secondary N) is 1. The normalized spacial score (nSPS) is 11.1. The largest absolute Gasteiger partial charge is 0.493 e. The number of unbranched alkanes of at least 4 members (excludes halogenated alkanes) is 1. The van der Waals surface area contributed by atoms with Crippen molar-refractivity contribution in [1.29, 1.82) is 0 Å². The fraction of sp³-hybridized carbons (Fsp3) is 0.269.